The number of hydrogen-bond donors (Lipinski definition) is 1. The Morgan fingerprint density at radius 2 is 2.25 bits per heavy atom. The Morgan fingerprint density at radius 1 is 1.67 bits per heavy atom. The molecule has 0 unspecified atom stereocenters. The predicted molar refractivity (Wildman–Crippen MR) is 44.8 cm³/mol. The van der Waals surface area contributed by atoms with Crippen molar-refractivity contribution in [2.75, 3.05) is 0 Å². The molecule has 0 spiro atoms. The second kappa shape index (κ2) is 5.06. The summed E-state index contributed by atoms with van der Waals surface area (Å²) in [6.45, 7) is 3.13. The zero-order valence-electron chi connectivity index (χ0n) is 6.89. The smallest absolute Gasteiger partial charge is 0.271 e. The van der Waals surface area contributed by atoms with Crippen molar-refractivity contribution < 1.29 is 10.1 Å². The predicted octanol–water partition coefficient (Wildman–Crippen LogP) is 1.57. The van der Waals surface area contributed by atoms with Gasteiger partial charge in [-0.25, -0.2) is 0 Å². The fourth-order valence-electron chi connectivity index (χ4n) is 0.575. The van der Waals surface area contributed by atoms with Crippen LogP contribution in [0.1, 0.15) is 13.8 Å². The normalized spacial score (nSPS) is 13.8. The zero-order chi connectivity index (χ0) is 9.56. The molecule has 1 N–H and O–H groups in total. The number of nitro groups is 1. The van der Waals surface area contributed by atoms with Crippen molar-refractivity contribution in [2.45, 2.75) is 13.8 Å². The van der Waals surface area contributed by atoms with Gasteiger partial charge in [0.05, 0.1) is 10.6 Å². The van der Waals surface area contributed by atoms with Crippen LogP contribution >= 0.6 is 0 Å². The SMILES string of the molecule is C\C=C/C(=C\C(C)=N\O)[N+](=O)[O-]. The molecule has 0 aliphatic rings. The molecule has 0 fully saturated rings. The van der Waals surface area contributed by atoms with Gasteiger partial charge in [-0.05, 0) is 13.8 Å². The van der Waals surface area contributed by atoms with Gasteiger partial charge in [0.1, 0.15) is 0 Å². The maximum absolute atomic E-state index is 10.3. The van der Waals surface area contributed by atoms with Crippen molar-refractivity contribution in [1.29, 1.82) is 0 Å². The second-order valence-corrected chi connectivity index (χ2v) is 2.07. The third-order valence-corrected chi connectivity index (χ3v) is 1.06. The lowest BCUT2D eigenvalue weighted by atomic mass is 10.3. The monoisotopic (exact) mass is 170 g/mol. The van der Waals surface area contributed by atoms with Crippen LogP contribution in [-0.4, -0.2) is 15.8 Å². The summed E-state index contributed by atoms with van der Waals surface area (Å²) in [5, 5.41) is 21.3. The Kier molecular flexibility index (Phi) is 4.36. The highest BCUT2D eigenvalue weighted by molar-refractivity contribution is 5.92. The molecule has 0 rings (SSSR count). The summed E-state index contributed by atoms with van der Waals surface area (Å²) < 4.78 is 0. The van der Waals surface area contributed by atoms with E-state index >= 15 is 0 Å². The molecule has 0 heterocycles. The third-order valence-electron chi connectivity index (χ3n) is 1.06. The van der Waals surface area contributed by atoms with Crippen molar-refractivity contribution in [2.24, 2.45) is 5.16 Å². The first-order valence-electron chi connectivity index (χ1n) is 3.29. The van der Waals surface area contributed by atoms with Crippen molar-refractivity contribution >= 4 is 5.71 Å². The second-order valence-electron chi connectivity index (χ2n) is 2.07. The number of hydrogen-bond acceptors (Lipinski definition) is 4. The van der Waals surface area contributed by atoms with E-state index in [1.165, 1.54) is 19.1 Å². The summed E-state index contributed by atoms with van der Waals surface area (Å²) in [6, 6.07) is 0. The van der Waals surface area contributed by atoms with Gasteiger partial charge >= 0.3 is 0 Å². The van der Waals surface area contributed by atoms with Crippen LogP contribution < -0.4 is 0 Å². The Labute approximate surface area is 69.8 Å². The molecule has 12 heavy (non-hydrogen) atoms. The van der Waals surface area contributed by atoms with Crippen LogP contribution in [0.2, 0.25) is 0 Å². The Hall–Kier alpha value is -1.65. The third kappa shape index (κ3) is 3.50. The molecule has 0 aromatic heterocycles. The lowest BCUT2D eigenvalue weighted by Gasteiger charge is -1.89. The molecule has 0 bridgehead atoms. The Bertz CT molecular complexity index is 253. The fraction of sp³-hybridized carbons (Fsp3) is 0.286. The maximum atomic E-state index is 10.3. The van der Waals surface area contributed by atoms with Gasteiger partial charge in [-0.3, -0.25) is 10.1 Å². The molecule has 5 heteroatoms. The lowest BCUT2D eigenvalue weighted by Crippen LogP contribution is -1.98. The van der Waals surface area contributed by atoms with Crippen LogP contribution in [-0.2, 0) is 0 Å². The summed E-state index contributed by atoms with van der Waals surface area (Å²) >= 11 is 0. The fourth-order valence-corrected chi connectivity index (χ4v) is 0.575. The molecule has 0 atom stereocenters. The van der Waals surface area contributed by atoms with Crippen LogP contribution in [0.5, 0.6) is 0 Å². The van der Waals surface area contributed by atoms with Crippen molar-refractivity contribution in [3.8, 4) is 0 Å². The van der Waals surface area contributed by atoms with Gasteiger partial charge in [-0.15, -0.1) is 0 Å². The van der Waals surface area contributed by atoms with Gasteiger partial charge in [0.25, 0.3) is 5.70 Å². The molecule has 0 aromatic rings. The van der Waals surface area contributed by atoms with Gasteiger partial charge in [0.15, 0.2) is 0 Å². The summed E-state index contributed by atoms with van der Waals surface area (Å²) in [6.07, 6.45) is 4.05. The minimum Gasteiger partial charge on any atom is -0.411 e. The van der Waals surface area contributed by atoms with Crippen LogP contribution in [0, 0.1) is 10.1 Å². The average molecular weight is 170 g/mol. The van der Waals surface area contributed by atoms with E-state index < -0.39 is 4.92 Å². The zero-order valence-corrected chi connectivity index (χ0v) is 6.89. The standard InChI is InChI=1S/C7H10N2O3/c1-3-4-7(9(11)12)5-6(2)8-10/h3-5,10H,1-2H3/b4-3-,7-5+,8-6+. The molecule has 0 saturated heterocycles. The van der Waals surface area contributed by atoms with Crippen LogP contribution in [0.4, 0.5) is 0 Å². The molecule has 5 nitrogen and oxygen atoms in total. The first-order chi connectivity index (χ1) is 5.61. The van der Waals surface area contributed by atoms with E-state index in [9.17, 15) is 10.1 Å². The molecular weight excluding hydrogens is 160 g/mol. The van der Waals surface area contributed by atoms with E-state index in [4.69, 9.17) is 5.21 Å². The van der Waals surface area contributed by atoms with Gasteiger partial charge < -0.3 is 5.21 Å². The Morgan fingerprint density at radius 3 is 2.58 bits per heavy atom. The molecule has 0 aromatic carbocycles. The average Bonchev–Trinajstić information content (AvgIpc) is 2.03. The summed E-state index contributed by atoms with van der Waals surface area (Å²) in [7, 11) is 0. The first-order valence-corrected chi connectivity index (χ1v) is 3.29. The van der Waals surface area contributed by atoms with E-state index in [2.05, 4.69) is 5.16 Å². The van der Waals surface area contributed by atoms with E-state index in [1.54, 1.807) is 13.0 Å². The molecule has 0 amide bonds. The lowest BCUT2D eigenvalue weighted by molar-refractivity contribution is -0.418. The topological polar surface area (TPSA) is 75.7 Å². The summed E-state index contributed by atoms with van der Waals surface area (Å²) in [4.78, 5) is 9.74. The van der Waals surface area contributed by atoms with E-state index in [0.29, 0.717) is 0 Å². The van der Waals surface area contributed by atoms with E-state index in [-0.39, 0.29) is 11.4 Å². The molecular formula is C7H10N2O3. The van der Waals surface area contributed by atoms with Gasteiger partial charge in [-0.2, -0.15) is 0 Å². The minimum atomic E-state index is -0.547. The molecule has 0 aliphatic carbocycles. The minimum absolute atomic E-state index is 0.104. The van der Waals surface area contributed by atoms with Gasteiger partial charge in [-0.1, -0.05) is 11.2 Å². The van der Waals surface area contributed by atoms with Crippen molar-refractivity contribution in [3.63, 3.8) is 0 Å². The van der Waals surface area contributed by atoms with E-state index in [1.807, 2.05) is 0 Å². The van der Waals surface area contributed by atoms with Gasteiger partial charge in [0.2, 0.25) is 0 Å². The highest BCUT2D eigenvalue weighted by atomic mass is 16.6. The number of allylic oxidation sites excluding steroid dienone is 3. The van der Waals surface area contributed by atoms with Crippen molar-refractivity contribution in [3.05, 3.63) is 34.0 Å². The number of nitrogens with zero attached hydrogens (tertiary/aromatic N) is 2. The highest BCUT2D eigenvalue weighted by Crippen LogP contribution is 1.98. The molecule has 0 aliphatic heterocycles. The summed E-state index contributed by atoms with van der Waals surface area (Å²) in [5.41, 5.74) is 0.0904. The number of rotatable bonds is 3. The molecule has 0 radical (unpaired) electrons. The van der Waals surface area contributed by atoms with E-state index in [0.717, 1.165) is 0 Å². The maximum Gasteiger partial charge on any atom is 0.271 e. The highest BCUT2D eigenvalue weighted by Gasteiger charge is 2.04. The quantitative estimate of drug-likeness (QED) is 0.229. The Balaban J connectivity index is 4.73. The van der Waals surface area contributed by atoms with Crippen molar-refractivity contribution in [1.82, 2.24) is 0 Å². The first kappa shape index (κ1) is 10.3. The van der Waals surface area contributed by atoms with Crippen LogP contribution in [0.3, 0.4) is 0 Å². The number of oxime groups is 1. The molecule has 66 valence electrons. The molecule has 0 saturated carbocycles. The van der Waals surface area contributed by atoms with Crippen LogP contribution in [0.15, 0.2) is 29.1 Å². The van der Waals surface area contributed by atoms with Crippen LogP contribution in [0.25, 0.3) is 0 Å². The largest absolute Gasteiger partial charge is 0.411 e. The van der Waals surface area contributed by atoms with Gasteiger partial charge in [0, 0.05) is 12.2 Å². The summed E-state index contributed by atoms with van der Waals surface area (Å²) in [5.74, 6) is 0.